The third-order valence-electron chi connectivity index (χ3n) is 4.45. The molecular weight excluding hydrogens is 338 g/mol. The number of anilines is 1. The van der Waals surface area contributed by atoms with Crippen LogP contribution in [-0.2, 0) is 6.54 Å². The Kier molecular flexibility index (Phi) is 4.58. The lowest BCUT2D eigenvalue weighted by Crippen LogP contribution is -2.17. The van der Waals surface area contributed by atoms with Crippen molar-refractivity contribution in [2.75, 3.05) is 12.4 Å². The minimum Gasteiger partial charge on any atom is -0.496 e. The lowest BCUT2D eigenvalue weighted by atomic mass is 10.1. The van der Waals surface area contributed by atoms with E-state index in [0.29, 0.717) is 23.7 Å². The van der Waals surface area contributed by atoms with Gasteiger partial charge in [0.25, 0.3) is 5.91 Å². The molecule has 0 saturated heterocycles. The van der Waals surface area contributed by atoms with Crippen molar-refractivity contribution in [3.63, 3.8) is 0 Å². The lowest BCUT2D eigenvalue weighted by Gasteiger charge is -2.12. The summed E-state index contributed by atoms with van der Waals surface area (Å²) in [6.07, 6.45) is 1.68. The highest BCUT2D eigenvalue weighted by Gasteiger charge is 2.16. The molecule has 0 bridgehead atoms. The Morgan fingerprint density at radius 1 is 1.00 bits per heavy atom. The van der Waals surface area contributed by atoms with Crippen LogP contribution in [0.2, 0.25) is 0 Å². The van der Waals surface area contributed by atoms with Crippen LogP contribution in [0.25, 0.3) is 10.8 Å². The summed E-state index contributed by atoms with van der Waals surface area (Å²) >= 11 is 0. The fraction of sp³-hybridized carbons (Fsp3) is 0.0909. The molecule has 4 aromatic rings. The molecular formula is C22H19N3O2. The Morgan fingerprint density at radius 2 is 1.70 bits per heavy atom. The van der Waals surface area contributed by atoms with Gasteiger partial charge in [0.1, 0.15) is 11.6 Å². The van der Waals surface area contributed by atoms with Gasteiger partial charge in [0.2, 0.25) is 0 Å². The van der Waals surface area contributed by atoms with E-state index < -0.39 is 0 Å². The van der Waals surface area contributed by atoms with E-state index in [1.807, 2.05) is 66.7 Å². The largest absolute Gasteiger partial charge is 0.496 e. The van der Waals surface area contributed by atoms with Crippen LogP contribution < -0.4 is 10.1 Å². The highest BCUT2D eigenvalue weighted by atomic mass is 16.5. The maximum absolute atomic E-state index is 12.9. The summed E-state index contributed by atoms with van der Waals surface area (Å²) in [7, 11) is 1.57. The number of hydrogen-bond acceptors (Lipinski definition) is 3. The number of hydrogen-bond donors (Lipinski definition) is 1. The van der Waals surface area contributed by atoms with E-state index in [-0.39, 0.29) is 5.91 Å². The van der Waals surface area contributed by atoms with Gasteiger partial charge >= 0.3 is 0 Å². The minimum atomic E-state index is -0.229. The van der Waals surface area contributed by atoms with Gasteiger partial charge in [-0.2, -0.15) is 5.10 Å². The van der Waals surface area contributed by atoms with Crippen molar-refractivity contribution in [3.8, 4) is 5.75 Å². The summed E-state index contributed by atoms with van der Waals surface area (Å²) < 4.78 is 7.20. The second kappa shape index (κ2) is 7.33. The molecule has 1 heterocycles. The molecule has 0 aliphatic rings. The smallest absolute Gasteiger partial charge is 0.260 e. The van der Waals surface area contributed by atoms with E-state index in [1.165, 1.54) is 0 Å². The SMILES string of the molecule is COc1cc2ccccc2cc1C(=O)Nc1ccnn1Cc1ccccc1. The molecule has 134 valence electrons. The predicted octanol–water partition coefficient (Wildman–Crippen LogP) is 4.35. The van der Waals surface area contributed by atoms with Crippen molar-refractivity contribution in [2.45, 2.75) is 6.54 Å². The van der Waals surface area contributed by atoms with Crippen molar-refractivity contribution < 1.29 is 9.53 Å². The molecule has 0 spiro atoms. The summed E-state index contributed by atoms with van der Waals surface area (Å²) in [6, 6.07) is 23.4. The van der Waals surface area contributed by atoms with Crippen LogP contribution in [0, 0.1) is 0 Å². The highest BCUT2D eigenvalue weighted by Crippen LogP contribution is 2.26. The summed E-state index contributed by atoms with van der Waals surface area (Å²) in [6.45, 7) is 0.582. The van der Waals surface area contributed by atoms with Gasteiger partial charge in [0.15, 0.2) is 0 Å². The average Bonchev–Trinajstić information content (AvgIpc) is 3.14. The van der Waals surface area contributed by atoms with Gasteiger partial charge in [-0.15, -0.1) is 0 Å². The number of amides is 1. The number of carbonyl (C=O) groups excluding carboxylic acids is 1. The second-order valence-electron chi connectivity index (χ2n) is 6.21. The fourth-order valence-electron chi connectivity index (χ4n) is 3.07. The first-order valence-electron chi connectivity index (χ1n) is 8.68. The standard InChI is InChI=1S/C22H19N3O2/c1-27-20-14-18-10-6-5-9-17(18)13-19(20)22(26)24-21-11-12-23-25(21)15-16-7-3-2-4-8-16/h2-14H,15H2,1H3,(H,24,26). The Labute approximate surface area is 157 Å². The van der Waals surface area contributed by atoms with Gasteiger partial charge in [0, 0.05) is 6.07 Å². The van der Waals surface area contributed by atoms with Crippen molar-refractivity contribution in [3.05, 3.63) is 90.1 Å². The normalized spacial score (nSPS) is 10.7. The average molecular weight is 357 g/mol. The number of carbonyl (C=O) groups is 1. The molecule has 5 nitrogen and oxygen atoms in total. The van der Waals surface area contributed by atoms with Crippen LogP contribution in [0.5, 0.6) is 5.75 Å². The maximum atomic E-state index is 12.9. The van der Waals surface area contributed by atoms with Gasteiger partial charge in [-0.25, -0.2) is 4.68 Å². The van der Waals surface area contributed by atoms with E-state index in [2.05, 4.69) is 10.4 Å². The Morgan fingerprint density at radius 3 is 2.44 bits per heavy atom. The van der Waals surface area contributed by atoms with Gasteiger partial charge in [0.05, 0.1) is 25.4 Å². The molecule has 1 aromatic heterocycles. The molecule has 0 atom stereocenters. The number of fused-ring (bicyclic) bond motifs is 1. The number of methoxy groups -OCH3 is 1. The van der Waals surface area contributed by atoms with E-state index in [1.54, 1.807) is 24.1 Å². The van der Waals surface area contributed by atoms with Crippen molar-refractivity contribution in [2.24, 2.45) is 0 Å². The third-order valence-corrected chi connectivity index (χ3v) is 4.45. The Hall–Kier alpha value is -3.60. The van der Waals surface area contributed by atoms with Crippen LogP contribution in [-0.4, -0.2) is 22.8 Å². The number of benzene rings is 3. The summed E-state index contributed by atoms with van der Waals surface area (Å²) in [5.41, 5.74) is 1.60. The Balaban J connectivity index is 1.62. The van der Waals surface area contributed by atoms with E-state index in [4.69, 9.17) is 4.74 Å². The van der Waals surface area contributed by atoms with Crippen LogP contribution in [0.15, 0.2) is 79.0 Å². The highest BCUT2D eigenvalue weighted by molar-refractivity contribution is 6.08. The van der Waals surface area contributed by atoms with E-state index >= 15 is 0 Å². The Bertz CT molecular complexity index is 1090. The molecule has 0 saturated carbocycles. The van der Waals surface area contributed by atoms with Gasteiger partial charge < -0.3 is 10.1 Å². The minimum absolute atomic E-state index is 0.229. The molecule has 4 rings (SSSR count). The second-order valence-corrected chi connectivity index (χ2v) is 6.21. The van der Waals surface area contributed by atoms with Crippen molar-refractivity contribution >= 4 is 22.5 Å². The van der Waals surface area contributed by atoms with Crippen LogP contribution in [0.3, 0.4) is 0 Å². The molecule has 1 N–H and O–H groups in total. The van der Waals surface area contributed by atoms with Crippen molar-refractivity contribution in [1.29, 1.82) is 0 Å². The summed E-state index contributed by atoms with van der Waals surface area (Å²) in [5, 5.41) is 9.28. The molecule has 0 aliphatic carbocycles. The first-order valence-corrected chi connectivity index (χ1v) is 8.68. The van der Waals surface area contributed by atoms with E-state index in [9.17, 15) is 4.79 Å². The molecule has 3 aromatic carbocycles. The monoisotopic (exact) mass is 357 g/mol. The molecule has 5 heteroatoms. The van der Waals surface area contributed by atoms with Gasteiger partial charge in [-0.3, -0.25) is 4.79 Å². The summed E-state index contributed by atoms with van der Waals surface area (Å²) in [4.78, 5) is 12.9. The zero-order chi connectivity index (χ0) is 18.6. The number of aromatic nitrogens is 2. The topological polar surface area (TPSA) is 56.1 Å². The van der Waals surface area contributed by atoms with Crippen molar-refractivity contribution in [1.82, 2.24) is 9.78 Å². The number of nitrogens with zero attached hydrogens (tertiary/aromatic N) is 2. The zero-order valence-electron chi connectivity index (χ0n) is 14.9. The first-order chi connectivity index (χ1) is 13.2. The number of nitrogens with one attached hydrogen (secondary N) is 1. The van der Waals surface area contributed by atoms with Gasteiger partial charge in [-0.05, 0) is 28.5 Å². The van der Waals surface area contributed by atoms with Crippen LogP contribution >= 0.6 is 0 Å². The summed E-state index contributed by atoms with van der Waals surface area (Å²) in [5.74, 6) is 0.951. The fourth-order valence-corrected chi connectivity index (χ4v) is 3.07. The zero-order valence-corrected chi connectivity index (χ0v) is 14.9. The van der Waals surface area contributed by atoms with Gasteiger partial charge in [-0.1, -0.05) is 54.6 Å². The van der Waals surface area contributed by atoms with Crippen LogP contribution in [0.1, 0.15) is 15.9 Å². The van der Waals surface area contributed by atoms with Crippen LogP contribution in [0.4, 0.5) is 5.82 Å². The van der Waals surface area contributed by atoms with E-state index in [0.717, 1.165) is 16.3 Å². The number of rotatable bonds is 5. The lowest BCUT2D eigenvalue weighted by molar-refractivity contribution is 0.102. The molecule has 0 fully saturated rings. The quantitative estimate of drug-likeness (QED) is 0.578. The maximum Gasteiger partial charge on any atom is 0.260 e. The third kappa shape index (κ3) is 3.53. The molecule has 0 unspecified atom stereocenters. The number of ether oxygens (including phenoxy) is 1. The first kappa shape index (κ1) is 16.8. The molecule has 27 heavy (non-hydrogen) atoms. The predicted molar refractivity (Wildman–Crippen MR) is 106 cm³/mol. The molecule has 0 aliphatic heterocycles. The molecule has 1 amide bonds. The molecule has 0 radical (unpaired) electrons.